The van der Waals surface area contributed by atoms with Gasteiger partial charge in [-0.25, -0.2) is 4.99 Å². The molecule has 0 saturated carbocycles. The van der Waals surface area contributed by atoms with E-state index in [-0.39, 0.29) is 5.91 Å². The summed E-state index contributed by atoms with van der Waals surface area (Å²) in [6, 6.07) is 15.8. The molecule has 6 heteroatoms. The monoisotopic (exact) mass is 430 g/mol. The average molecular weight is 431 g/mol. The SMILES string of the molecule is CCNC(=NCc1ccc(C(=O)N(C)C)cc1)N(C)Cc1ccccc1Br. The fourth-order valence-electron chi connectivity index (χ4n) is 2.60. The van der Waals surface area contributed by atoms with Crippen LogP contribution in [-0.4, -0.2) is 49.4 Å². The Kier molecular flexibility index (Phi) is 7.85. The summed E-state index contributed by atoms with van der Waals surface area (Å²) < 4.78 is 1.09. The van der Waals surface area contributed by atoms with Gasteiger partial charge in [0.05, 0.1) is 6.54 Å². The molecule has 0 spiro atoms. The van der Waals surface area contributed by atoms with Gasteiger partial charge in [0.1, 0.15) is 0 Å². The van der Waals surface area contributed by atoms with Crippen molar-refractivity contribution in [2.24, 2.45) is 4.99 Å². The van der Waals surface area contributed by atoms with Crippen molar-refractivity contribution in [2.45, 2.75) is 20.0 Å². The molecule has 0 bridgehead atoms. The second-order valence-electron chi connectivity index (χ2n) is 6.51. The van der Waals surface area contributed by atoms with E-state index in [2.05, 4.69) is 39.1 Å². The van der Waals surface area contributed by atoms with E-state index in [1.54, 1.807) is 19.0 Å². The number of carbonyl (C=O) groups is 1. The zero-order chi connectivity index (χ0) is 19.8. The topological polar surface area (TPSA) is 47.9 Å². The van der Waals surface area contributed by atoms with E-state index in [1.165, 1.54) is 5.56 Å². The molecule has 0 unspecified atom stereocenters. The van der Waals surface area contributed by atoms with E-state index in [0.29, 0.717) is 12.1 Å². The Morgan fingerprint density at radius 2 is 1.74 bits per heavy atom. The molecule has 0 saturated heterocycles. The van der Waals surface area contributed by atoms with Crippen LogP contribution in [0.3, 0.4) is 0 Å². The summed E-state index contributed by atoms with van der Waals surface area (Å²) in [5.41, 5.74) is 2.96. The number of halogens is 1. The van der Waals surface area contributed by atoms with Gasteiger partial charge in [0, 0.05) is 44.3 Å². The van der Waals surface area contributed by atoms with Crippen LogP contribution in [0, 0.1) is 0 Å². The Hall–Kier alpha value is -2.34. The number of hydrogen-bond acceptors (Lipinski definition) is 2. The van der Waals surface area contributed by atoms with E-state index in [1.807, 2.05) is 49.5 Å². The van der Waals surface area contributed by atoms with Crippen molar-refractivity contribution in [1.29, 1.82) is 0 Å². The number of hydrogen-bond donors (Lipinski definition) is 1. The Bertz CT molecular complexity index is 787. The lowest BCUT2D eigenvalue weighted by atomic mass is 10.1. The second-order valence-corrected chi connectivity index (χ2v) is 7.37. The minimum Gasteiger partial charge on any atom is -0.357 e. The predicted octanol–water partition coefficient (Wildman–Crippen LogP) is 3.75. The first-order valence-electron chi connectivity index (χ1n) is 8.95. The summed E-state index contributed by atoms with van der Waals surface area (Å²) >= 11 is 3.60. The van der Waals surface area contributed by atoms with Crippen LogP contribution in [0.2, 0.25) is 0 Å². The molecule has 27 heavy (non-hydrogen) atoms. The van der Waals surface area contributed by atoms with E-state index in [4.69, 9.17) is 4.99 Å². The smallest absolute Gasteiger partial charge is 0.253 e. The highest BCUT2D eigenvalue weighted by Gasteiger charge is 2.09. The largest absolute Gasteiger partial charge is 0.357 e. The number of guanidine groups is 1. The number of benzene rings is 2. The van der Waals surface area contributed by atoms with Crippen molar-refractivity contribution < 1.29 is 4.79 Å². The number of amides is 1. The third-order valence-corrected chi connectivity index (χ3v) is 4.85. The van der Waals surface area contributed by atoms with E-state index < -0.39 is 0 Å². The first kappa shape index (κ1) is 21.0. The molecule has 1 amide bonds. The number of nitrogens with zero attached hydrogens (tertiary/aromatic N) is 3. The summed E-state index contributed by atoms with van der Waals surface area (Å²) in [7, 11) is 5.54. The van der Waals surface area contributed by atoms with Gasteiger partial charge >= 0.3 is 0 Å². The number of aliphatic imine (C=N–C) groups is 1. The highest BCUT2D eigenvalue weighted by atomic mass is 79.9. The third-order valence-electron chi connectivity index (χ3n) is 4.08. The van der Waals surface area contributed by atoms with Crippen LogP contribution in [-0.2, 0) is 13.1 Å². The standard InChI is InChI=1S/C21H27BrN4O/c1-5-23-21(26(4)15-18-8-6-7-9-19(18)22)24-14-16-10-12-17(13-11-16)20(27)25(2)3/h6-13H,5,14-15H2,1-4H3,(H,23,24). The van der Waals surface area contributed by atoms with E-state index >= 15 is 0 Å². The quantitative estimate of drug-likeness (QED) is 0.560. The van der Waals surface area contributed by atoms with Crippen LogP contribution < -0.4 is 5.32 Å². The van der Waals surface area contributed by atoms with Gasteiger partial charge in [-0.15, -0.1) is 0 Å². The molecule has 0 heterocycles. The molecule has 0 fully saturated rings. The maximum atomic E-state index is 12.0. The molecule has 0 aliphatic heterocycles. The molecule has 0 aromatic heterocycles. The summed E-state index contributed by atoms with van der Waals surface area (Å²) in [5.74, 6) is 0.855. The minimum absolute atomic E-state index is 0.00608. The molecule has 0 atom stereocenters. The van der Waals surface area contributed by atoms with E-state index in [9.17, 15) is 4.79 Å². The second kappa shape index (κ2) is 10.1. The molecule has 0 radical (unpaired) electrons. The highest BCUT2D eigenvalue weighted by molar-refractivity contribution is 9.10. The van der Waals surface area contributed by atoms with Crippen molar-refractivity contribution in [1.82, 2.24) is 15.1 Å². The van der Waals surface area contributed by atoms with Crippen LogP contribution in [0.25, 0.3) is 0 Å². The Morgan fingerprint density at radius 3 is 2.33 bits per heavy atom. The lowest BCUT2D eigenvalue weighted by molar-refractivity contribution is 0.0827. The zero-order valence-electron chi connectivity index (χ0n) is 16.4. The van der Waals surface area contributed by atoms with Crippen molar-refractivity contribution in [2.75, 3.05) is 27.7 Å². The first-order chi connectivity index (χ1) is 12.9. The third kappa shape index (κ3) is 6.10. The lowest BCUT2D eigenvalue weighted by Crippen LogP contribution is -2.38. The van der Waals surface area contributed by atoms with Gasteiger partial charge in [-0.3, -0.25) is 4.79 Å². The number of carbonyl (C=O) groups excluding carboxylic acids is 1. The maximum absolute atomic E-state index is 12.0. The van der Waals surface area contributed by atoms with Crippen LogP contribution >= 0.6 is 15.9 Å². The van der Waals surface area contributed by atoms with Crippen molar-refractivity contribution in [3.8, 4) is 0 Å². The lowest BCUT2D eigenvalue weighted by Gasteiger charge is -2.22. The van der Waals surface area contributed by atoms with Crippen LogP contribution in [0.15, 0.2) is 58.0 Å². The predicted molar refractivity (Wildman–Crippen MR) is 115 cm³/mol. The molecule has 5 nitrogen and oxygen atoms in total. The molecule has 2 aromatic rings. The summed E-state index contributed by atoms with van der Waals surface area (Å²) in [5, 5.41) is 3.34. The summed E-state index contributed by atoms with van der Waals surface area (Å²) in [6.45, 7) is 4.17. The molecule has 2 rings (SSSR count). The molecular formula is C21H27BrN4O. The van der Waals surface area contributed by atoms with Crippen LogP contribution in [0.1, 0.15) is 28.4 Å². The Morgan fingerprint density at radius 1 is 1.07 bits per heavy atom. The molecule has 144 valence electrons. The minimum atomic E-state index is 0.00608. The normalized spacial score (nSPS) is 11.2. The zero-order valence-corrected chi connectivity index (χ0v) is 18.0. The first-order valence-corrected chi connectivity index (χ1v) is 9.75. The van der Waals surface area contributed by atoms with Crippen molar-refractivity contribution in [3.63, 3.8) is 0 Å². The van der Waals surface area contributed by atoms with Gasteiger partial charge < -0.3 is 15.1 Å². The average Bonchev–Trinajstić information content (AvgIpc) is 2.66. The van der Waals surface area contributed by atoms with Gasteiger partial charge in [-0.2, -0.15) is 0 Å². The van der Waals surface area contributed by atoms with Gasteiger partial charge in [-0.1, -0.05) is 46.3 Å². The fourth-order valence-corrected chi connectivity index (χ4v) is 3.01. The van der Waals surface area contributed by atoms with Gasteiger partial charge in [0.2, 0.25) is 0 Å². The Balaban J connectivity index is 2.08. The molecule has 1 N–H and O–H groups in total. The van der Waals surface area contributed by atoms with Gasteiger partial charge in [-0.05, 0) is 36.2 Å². The van der Waals surface area contributed by atoms with E-state index in [0.717, 1.165) is 29.1 Å². The summed E-state index contributed by atoms with van der Waals surface area (Å²) in [6.07, 6.45) is 0. The van der Waals surface area contributed by atoms with Gasteiger partial charge in [0.15, 0.2) is 5.96 Å². The molecular weight excluding hydrogens is 404 g/mol. The molecule has 0 aliphatic carbocycles. The van der Waals surface area contributed by atoms with Crippen molar-refractivity contribution >= 4 is 27.8 Å². The Labute approximate surface area is 170 Å². The number of rotatable bonds is 6. The number of nitrogens with one attached hydrogen (secondary N) is 1. The highest BCUT2D eigenvalue weighted by Crippen LogP contribution is 2.17. The van der Waals surface area contributed by atoms with Gasteiger partial charge in [0.25, 0.3) is 5.91 Å². The van der Waals surface area contributed by atoms with Crippen LogP contribution in [0.4, 0.5) is 0 Å². The van der Waals surface area contributed by atoms with Crippen molar-refractivity contribution in [3.05, 3.63) is 69.7 Å². The fraction of sp³-hybridized carbons (Fsp3) is 0.333. The molecule has 0 aliphatic rings. The van der Waals surface area contributed by atoms with Crippen LogP contribution in [0.5, 0.6) is 0 Å². The summed E-state index contributed by atoms with van der Waals surface area (Å²) in [4.78, 5) is 20.4. The maximum Gasteiger partial charge on any atom is 0.253 e. The molecule has 2 aromatic carbocycles.